The lowest BCUT2D eigenvalue weighted by Crippen LogP contribution is -2.20. The molecule has 0 aliphatic rings. The maximum atomic E-state index is 13.6. The predicted octanol–water partition coefficient (Wildman–Crippen LogP) is 16.9. The number of carbonyl (C=O) groups excluding carboxylic acids is 8. The van der Waals surface area contributed by atoms with Crippen molar-refractivity contribution >= 4 is 178 Å². The van der Waals surface area contributed by atoms with Crippen LogP contribution in [0.5, 0.6) is 0 Å². The molecule has 4 amide bonds. The third kappa shape index (κ3) is 21.0. The van der Waals surface area contributed by atoms with Crippen molar-refractivity contribution in [1.82, 2.24) is 20.6 Å². The normalized spacial score (nSPS) is 15.6. The zero-order chi connectivity index (χ0) is 114. The van der Waals surface area contributed by atoms with Gasteiger partial charge in [-0.25, -0.2) is 52.5 Å². The number of hydrogen-bond acceptors (Lipinski definition) is 28. The molecule has 0 saturated carbocycles. The van der Waals surface area contributed by atoms with Gasteiger partial charge in [0.25, 0.3) is 63.7 Å². The second kappa shape index (κ2) is 37.2. The Bertz CT molecular complexity index is 7940. The highest BCUT2D eigenvalue weighted by molar-refractivity contribution is 7.94. The summed E-state index contributed by atoms with van der Waals surface area (Å²) in [6.07, 6.45) is 0. The number of nitrogens with one attached hydrogen (secondary N) is 8. The first-order valence-electron chi connectivity index (χ1n) is 48.3. The number of aryl methyl sites for hydroxylation is 9. The molecule has 8 heterocycles. The first-order chi connectivity index (χ1) is 68.5. The van der Waals surface area contributed by atoms with Crippen molar-refractivity contribution in [3.05, 3.63) is 226 Å². The van der Waals surface area contributed by atoms with Gasteiger partial charge in [-0.2, -0.15) is 0 Å². The van der Waals surface area contributed by atoms with E-state index in [4.69, 9.17) is 55.0 Å². The number of amides is 4. The molecular weight excluding hydrogens is 1710 g/mol. The van der Waals surface area contributed by atoms with Crippen LogP contribution in [0.25, 0.3) is 0 Å². The Balaban J connectivity index is 0.000000223. The molecule has 8 N–H and O–H groups in total. The van der Waals surface area contributed by atoms with Gasteiger partial charge < -0.3 is 39.3 Å². The maximum absolute atomic E-state index is 13.6. The SMILES string of the molecule is [2H]c1c(C([2H])([2H])[2H])cc(C([2H])([2H])[2H])c(N([2H])C(=O)c2sccc2S(=O)(=O)N([2H])c2onc(C([2H])([2H])[2H])c2C([2H])([2H])[2H])c1C(C)=O.[2H]c1c(C)cc(C(C)=O)c(N([2H])C(=O)c2sccc2S(=O)(=O)N([2H])c2onc(C([2H])([2H])[2H])c2C)c1C.[2H]c1c(C)cc(C(C)=O)c(N([2H])C(=O)c2sccc2S(=O)(=O)N([2H])c2onc(C)c2C([2H])([2H])[2H])c1C.[2H]c1c(C)cc(C(C)=O)c(N([2H])C(=O)c2sccc2S(=O)(=O)N([2H])c2onc(C)c2C)c1C. The van der Waals surface area contributed by atoms with E-state index in [0.29, 0.717) is 84.0 Å². The second-order valence-electron chi connectivity index (χ2n) is 25.3. The van der Waals surface area contributed by atoms with E-state index in [9.17, 15) is 72.0 Å². The van der Waals surface area contributed by atoms with Gasteiger partial charge in [0.15, 0.2) is 34.4 Å². The van der Waals surface area contributed by atoms with Crippen LogP contribution in [0.15, 0.2) is 132 Å². The van der Waals surface area contributed by atoms with Crippen LogP contribution in [0.4, 0.5) is 46.3 Å². The van der Waals surface area contributed by atoms with Crippen LogP contribution in [0.2, 0.25) is 11.3 Å². The molecule has 4 aromatic carbocycles. The van der Waals surface area contributed by atoms with Crippen molar-refractivity contribution in [3.8, 4) is 0 Å². The second-order valence-corrected chi connectivity index (χ2v) is 35.2. The van der Waals surface area contributed by atoms with Gasteiger partial charge in [0.1, 0.15) is 39.1 Å². The number of ketones is 4. The highest BCUT2D eigenvalue weighted by Crippen LogP contribution is 2.36. The number of nitrogens with zero attached hydrogens (tertiary/aromatic N) is 4. The molecule has 12 aromatic rings. The fourth-order valence-corrected chi connectivity index (χ4v) is 19.3. The van der Waals surface area contributed by atoms with Gasteiger partial charge in [-0.3, -0.25) is 38.4 Å². The summed E-state index contributed by atoms with van der Waals surface area (Å²) in [5.41, 5.74) is -5.13. The van der Waals surface area contributed by atoms with Crippen LogP contribution in [-0.2, 0) is 40.1 Å². The number of Topliss-reactive ketones (excluding diaryl/α,β-unsaturated/α-hetero) is 4. The van der Waals surface area contributed by atoms with Gasteiger partial charge in [-0.05, 0) is 253 Å². The van der Waals surface area contributed by atoms with Crippen molar-refractivity contribution in [2.75, 3.05) is 40.1 Å². The summed E-state index contributed by atoms with van der Waals surface area (Å²) in [4.78, 5) is 97.6. The minimum Gasteiger partial charge on any atom is -0.337 e. The van der Waals surface area contributed by atoms with Crippen LogP contribution in [-0.4, -0.2) is 101 Å². The van der Waals surface area contributed by atoms with Crippen LogP contribution in [0, 0.1) is 110 Å². The van der Waals surface area contributed by atoms with E-state index in [1.54, 1.807) is 34.6 Å². The van der Waals surface area contributed by atoms with E-state index < -0.39 is 235 Å². The van der Waals surface area contributed by atoms with Gasteiger partial charge in [-0.15, -0.1) is 45.3 Å². The molecule has 632 valence electrons. The molecular formula is C80H84N12O20S8. The first kappa shape index (κ1) is 58.1. The molecule has 0 atom stereocenters. The standard InChI is InChI=1S/4C20H21N3O5S2/c4*1-10-8-11(2)17(15(9-10)14(5)24)21-19(25)18-16(6-7-29-18)30(26,27)23-20-12(3)13(4)22-28-20/h4*6-9,23H,1-5H3,(H,21,25)/i1D3,2D3,3D3,4D3,9D;4D3,8D;3D3,8D;8D/hD8. The number of benzene rings is 4. The molecule has 0 saturated heterocycles. The predicted molar refractivity (Wildman–Crippen MR) is 460 cm³/mol. The summed E-state index contributed by atoms with van der Waals surface area (Å²) in [5, 5.41) is 19.4. The lowest BCUT2D eigenvalue weighted by molar-refractivity contribution is 0.100. The van der Waals surface area contributed by atoms with Crippen LogP contribution in [0.3, 0.4) is 0 Å². The van der Waals surface area contributed by atoms with E-state index >= 15 is 0 Å². The van der Waals surface area contributed by atoms with Crippen molar-refractivity contribution in [3.63, 3.8) is 0 Å². The van der Waals surface area contributed by atoms with Crippen molar-refractivity contribution in [2.24, 2.45) is 0 Å². The Kier molecular flexibility index (Phi) is 18.0. The summed E-state index contributed by atoms with van der Waals surface area (Å²) in [5.74, 6) is -10.5. The van der Waals surface area contributed by atoms with Crippen LogP contribution >= 0.6 is 45.3 Å². The Morgan fingerprint density at radius 3 is 0.867 bits per heavy atom. The Morgan fingerprint density at radius 2 is 0.600 bits per heavy atom. The topological polar surface area (TPSA) is 473 Å². The van der Waals surface area contributed by atoms with E-state index in [2.05, 4.69) is 25.1 Å². The number of carbonyl (C=O) groups is 8. The zero-order valence-electron chi connectivity index (χ0n) is 94.7. The Labute approximate surface area is 750 Å². The first-order valence-corrected chi connectivity index (χ1v) is 43.0. The number of anilines is 8. The molecule has 0 aliphatic heterocycles. The quantitative estimate of drug-likeness (QED) is 0.0260. The van der Waals surface area contributed by atoms with Crippen molar-refractivity contribution in [2.45, 2.75) is 158 Å². The molecule has 0 unspecified atom stereocenters. The average molecular weight is 1820 g/mol. The lowest BCUT2D eigenvalue weighted by Gasteiger charge is -2.14. The Hall–Kier alpha value is -11.9. The zero-order valence-corrected chi connectivity index (χ0v) is 71.3. The lowest BCUT2D eigenvalue weighted by atomic mass is 10.0. The fourth-order valence-electron chi connectivity index (χ4n) is 10.4. The monoisotopic (exact) mass is 1820 g/mol. The molecule has 120 heavy (non-hydrogen) atoms. The van der Waals surface area contributed by atoms with E-state index in [1.165, 1.54) is 89.7 Å². The van der Waals surface area contributed by atoms with Gasteiger partial charge in [0, 0.05) is 69.2 Å². The molecule has 8 aromatic heterocycles. The minimum absolute atomic E-state index is 0.00638. The number of aromatic nitrogens is 4. The molecule has 0 radical (unpaired) electrons. The minimum atomic E-state index is -5.33. The molecule has 40 heteroatoms. The molecule has 0 spiro atoms. The smallest absolute Gasteiger partial charge is 0.267 e. The van der Waals surface area contributed by atoms with Crippen LogP contribution in [0.1, 0.15) is 228 Å². The number of sulfonamides is 4. The third-order valence-corrected chi connectivity index (χ3v) is 25.6. The van der Waals surface area contributed by atoms with Gasteiger partial charge in [0.05, 0.1) is 51.0 Å². The summed E-state index contributed by atoms with van der Waals surface area (Å²) >= 11 is 2.51. The number of thiophene rings is 4. The molecule has 12 rings (SSSR count). The Morgan fingerprint density at radius 1 is 0.333 bits per heavy atom. The number of rotatable bonds is 24. The van der Waals surface area contributed by atoms with Crippen molar-refractivity contribution < 1.29 is 132 Å². The maximum Gasteiger partial charge on any atom is 0.267 e. The van der Waals surface area contributed by atoms with Crippen molar-refractivity contribution in [1.29, 1.82) is 0 Å². The largest absolute Gasteiger partial charge is 0.337 e. The summed E-state index contributed by atoms with van der Waals surface area (Å²) in [6, 6.07) is 7.81. The number of hydrogen-bond donors (Lipinski definition) is 8. The highest BCUT2D eigenvalue weighted by Gasteiger charge is 2.33. The molecule has 0 bridgehead atoms. The molecule has 32 nitrogen and oxygen atoms in total. The summed E-state index contributed by atoms with van der Waals surface area (Å²) < 4.78 is 361. The van der Waals surface area contributed by atoms with E-state index in [1.807, 2.05) is 0 Å². The molecule has 0 fully saturated rings. The van der Waals surface area contributed by atoms with Gasteiger partial charge in [0.2, 0.25) is 23.5 Å². The molecule has 0 aliphatic carbocycles. The summed E-state index contributed by atoms with van der Waals surface area (Å²) in [7, 11) is -19.5. The van der Waals surface area contributed by atoms with Gasteiger partial charge >= 0.3 is 0 Å². The fraction of sp³-hybridized carbons (Fsp3) is 0.250. The summed E-state index contributed by atoms with van der Waals surface area (Å²) in [6.45, 7) is 1.11. The average Bonchev–Trinajstić information content (AvgIpc) is 0.882. The van der Waals surface area contributed by atoms with Gasteiger partial charge in [-0.1, -0.05) is 44.8 Å². The highest BCUT2D eigenvalue weighted by atomic mass is 32.2. The van der Waals surface area contributed by atoms with Crippen LogP contribution < -0.4 is 40.1 Å². The van der Waals surface area contributed by atoms with E-state index in [0.717, 1.165) is 47.9 Å². The third-order valence-electron chi connectivity index (χ3n) is 16.2. The van der Waals surface area contributed by atoms with E-state index in [-0.39, 0.29) is 110 Å².